The van der Waals surface area contributed by atoms with Gasteiger partial charge in [0, 0.05) is 33.2 Å². The normalized spacial score (nSPS) is 11.6. The number of nitrogens with zero attached hydrogens (tertiary/aromatic N) is 3. The Balaban J connectivity index is 1.02. The highest BCUT2D eigenvalue weighted by molar-refractivity contribution is 5.97. The van der Waals surface area contributed by atoms with Gasteiger partial charge in [0.25, 0.3) is 0 Å². The van der Waals surface area contributed by atoms with Gasteiger partial charge in [-0.1, -0.05) is 208 Å². The first-order valence-electron chi connectivity index (χ1n) is 21.3. The predicted molar refractivity (Wildman–Crippen MR) is 255 cm³/mol. The molecular weight excluding hydrogens is 739 g/mol. The average Bonchev–Trinajstić information content (AvgIpc) is 3.35. The van der Waals surface area contributed by atoms with Crippen molar-refractivity contribution < 1.29 is 0 Å². The van der Waals surface area contributed by atoms with Gasteiger partial charge in [-0.05, 0) is 74.8 Å². The number of pyridine rings is 1. The van der Waals surface area contributed by atoms with Crippen LogP contribution in [0.1, 0.15) is 37.8 Å². The Labute approximate surface area is 358 Å². The van der Waals surface area contributed by atoms with Crippen LogP contribution in [0, 0.1) is 0 Å². The van der Waals surface area contributed by atoms with Gasteiger partial charge in [-0.2, -0.15) is 0 Å². The molecule has 0 radical (unpaired) electrons. The van der Waals surface area contributed by atoms with Crippen molar-refractivity contribution in [3.63, 3.8) is 0 Å². The molecule has 0 saturated carbocycles. The third-order valence-corrected chi connectivity index (χ3v) is 12.5. The number of benzene rings is 8. The van der Waals surface area contributed by atoms with Crippen molar-refractivity contribution in [2.24, 2.45) is 0 Å². The van der Waals surface area contributed by atoms with Crippen LogP contribution in [0.3, 0.4) is 0 Å². The van der Waals surface area contributed by atoms with Crippen LogP contribution >= 0.6 is 0 Å². The third-order valence-electron chi connectivity index (χ3n) is 12.5. The van der Waals surface area contributed by atoms with Crippen molar-refractivity contribution in [1.82, 2.24) is 15.0 Å². The third kappa shape index (κ3) is 7.19. The molecule has 0 unspecified atom stereocenters. The summed E-state index contributed by atoms with van der Waals surface area (Å²) in [5, 5.41) is 4.73. The lowest BCUT2D eigenvalue weighted by molar-refractivity contribution is 0.478. The van der Waals surface area contributed by atoms with E-state index >= 15 is 0 Å². The highest BCUT2D eigenvalue weighted by atomic mass is 14.9. The van der Waals surface area contributed by atoms with Crippen LogP contribution in [0.25, 0.3) is 89.1 Å². The molecule has 2 aromatic heterocycles. The lowest BCUT2D eigenvalue weighted by Crippen LogP contribution is -2.26. The summed E-state index contributed by atoms with van der Waals surface area (Å²) in [5.74, 6) is 0.725. The number of rotatable bonds is 10. The molecule has 3 heteroatoms. The van der Waals surface area contributed by atoms with E-state index < -0.39 is 0 Å². The quantitative estimate of drug-likeness (QED) is 0.139. The van der Waals surface area contributed by atoms with Crippen molar-refractivity contribution >= 4 is 21.5 Å². The van der Waals surface area contributed by atoms with Crippen LogP contribution in [0.4, 0.5) is 0 Å². The fourth-order valence-electron chi connectivity index (χ4n) is 9.11. The van der Waals surface area contributed by atoms with Gasteiger partial charge >= 0.3 is 0 Å². The van der Waals surface area contributed by atoms with Crippen LogP contribution in [0.15, 0.2) is 212 Å². The second-order valence-corrected chi connectivity index (χ2v) is 15.8. The van der Waals surface area contributed by atoms with Crippen LogP contribution in [-0.2, 0) is 5.41 Å². The summed E-state index contributed by atoms with van der Waals surface area (Å²) < 4.78 is 0. The summed E-state index contributed by atoms with van der Waals surface area (Å²) in [7, 11) is 0. The fourth-order valence-corrected chi connectivity index (χ4v) is 9.11. The van der Waals surface area contributed by atoms with Crippen molar-refractivity contribution in [3.05, 3.63) is 223 Å². The van der Waals surface area contributed by atoms with Crippen LogP contribution in [0.5, 0.6) is 0 Å². The Morgan fingerprint density at radius 1 is 0.328 bits per heavy atom. The molecule has 0 amide bonds. The summed E-state index contributed by atoms with van der Waals surface area (Å²) >= 11 is 0. The van der Waals surface area contributed by atoms with E-state index in [9.17, 15) is 0 Å². The van der Waals surface area contributed by atoms with E-state index in [1.54, 1.807) is 0 Å². The van der Waals surface area contributed by atoms with Crippen molar-refractivity contribution in [3.8, 4) is 67.5 Å². The Morgan fingerprint density at radius 3 is 1.31 bits per heavy atom. The van der Waals surface area contributed by atoms with Gasteiger partial charge in [-0.25, -0.2) is 15.0 Å². The standard InChI is InChI=1S/C58H45N3/c1-3-58(4-2,47-33-29-40(30-34-47)46-37-53(43-19-7-5-8-20-43)59-56(38-46)51-27-15-23-41-17-11-13-25-49(41)51)48-35-31-45(32-36-48)55-39-54(44-21-9-6-10-22-44)60-57(61-55)52-28-16-24-42-18-12-14-26-50(42)52/h5-39H,3-4H2,1-2H3. The van der Waals surface area contributed by atoms with E-state index in [4.69, 9.17) is 15.0 Å². The number of fused-ring (bicyclic) bond motifs is 2. The molecule has 0 atom stereocenters. The molecule has 0 saturated heterocycles. The topological polar surface area (TPSA) is 38.7 Å². The van der Waals surface area contributed by atoms with Gasteiger partial charge in [0.05, 0.1) is 22.8 Å². The molecular formula is C58H45N3. The maximum atomic E-state index is 5.25. The molecule has 292 valence electrons. The fraction of sp³-hybridized carbons (Fsp3) is 0.0862. The van der Waals surface area contributed by atoms with E-state index in [1.165, 1.54) is 32.8 Å². The molecule has 0 aliphatic rings. The van der Waals surface area contributed by atoms with Crippen molar-refractivity contribution in [1.29, 1.82) is 0 Å². The highest BCUT2D eigenvalue weighted by Gasteiger charge is 2.31. The number of aromatic nitrogens is 3. The van der Waals surface area contributed by atoms with Crippen molar-refractivity contribution in [2.45, 2.75) is 32.1 Å². The van der Waals surface area contributed by atoms with Gasteiger partial charge in [-0.3, -0.25) is 0 Å². The monoisotopic (exact) mass is 783 g/mol. The van der Waals surface area contributed by atoms with E-state index in [-0.39, 0.29) is 5.41 Å². The van der Waals surface area contributed by atoms with Crippen LogP contribution in [-0.4, -0.2) is 15.0 Å². The molecule has 0 aliphatic heterocycles. The minimum atomic E-state index is -0.159. The summed E-state index contributed by atoms with van der Waals surface area (Å²) in [4.78, 5) is 15.6. The van der Waals surface area contributed by atoms with Crippen LogP contribution in [0.2, 0.25) is 0 Å². The molecule has 0 fully saturated rings. The lowest BCUT2D eigenvalue weighted by Gasteiger charge is -2.33. The molecule has 8 aromatic carbocycles. The molecule has 10 aromatic rings. The first-order chi connectivity index (χ1) is 30.1. The van der Waals surface area contributed by atoms with Gasteiger partial charge in [0.1, 0.15) is 0 Å². The maximum absolute atomic E-state index is 5.25. The van der Waals surface area contributed by atoms with Crippen molar-refractivity contribution in [2.75, 3.05) is 0 Å². The SMILES string of the molecule is CCC(CC)(c1ccc(-c2cc(-c3ccccc3)nc(-c3cccc4ccccc34)c2)cc1)c1ccc(-c2cc(-c3ccccc3)nc(-c3cccc4ccccc34)n2)cc1. The molecule has 3 nitrogen and oxygen atoms in total. The summed E-state index contributed by atoms with van der Waals surface area (Å²) in [6.07, 6.45) is 1.94. The maximum Gasteiger partial charge on any atom is 0.161 e. The Morgan fingerprint density at radius 2 is 0.754 bits per heavy atom. The lowest BCUT2D eigenvalue weighted by atomic mass is 9.70. The van der Waals surface area contributed by atoms with Gasteiger partial charge < -0.3 is 0 Å². The second kappa shape index (κ2) is 16.3. The molecule has 10 rings (SSSR count). The zero-order chi connectivity index (χ0) is 41.2. The van der Waals surface area contributed by atoms with Gasteiger partial charge in [0.15, 0.2) is 5.82 Å². The van der Waals surface area contributed by atoms with E-state index in [0.717, 1.165) is 80.2 Å². The predicted octanol–water partition coefficient (Wildman–Crippen LogP) is 15.3. The largest absolute Gasteiger partial charge is 0.248 e. The van der Waals surface area contributed by atoms with Crippen LogP contribution < -0.4 is 0 Å². The van der Waals surface area contributed by atoms with Gasteiger partial charge in [-0.15, -0.1) is 0 Å². The molecule has 2 heterocycles. The highest BCUT2D eigenvalue weighted by Crippen LogP contribution is 2.41. The Hall–Kier alpha value is -7.49. The molecule has 61 heavy (non-hydrogen) atoms. The Bertz CT molecular complexity index is 2910. The average molecular weight is 784 g/mol. The number of hydrogen-bond donors (Lipinski definition) is 0. The smallest absolute Gasteiger partial charge is 0.161 e. The Kier molecular flexibility index (Phi) is 10.1. The minimum Gasteiger partial charge on any atom is -0.248 e. The first-order valence-corrected chi connectivity index (χ1v) is 21.3. The zero-order valence-electron chi connectivity index (χ0n) is 34.5. The molecule has 0 spiro atoms. The van der Waals surface area contributed by atoms with E-state index in [0.29, 0.717) is 0 Å². The molecule has 0 aliphatic carbocycles. The van der Waals surface area contributed by atoms with E-state index in [1.807, 2.05) is 6.07 Å². The van der Waals surface area contributed by atoms with Gasteiger partial charge in [0.2, 0.25) is 0 Å². The summed E-state index contributed by atoms with van der Waals surface area (Å²) in [6, 6.07) is 75.7. The number of hydrogen-bond acceptors (Lipinski definition) is 3. The zero-order valence-corrected chi connectivity index (χ0v) is 34.5. The first kappa shape index (κ1) is 37.8. The van der Waals surface area contributed by atoms with E-state index in [2.05, 4.69) is 220 Å². The minimum absolute atomic E-state index is 0.159. The summed E-state index contributed by atoms with van der Waals surface area (Å²) in [5.41, 5.74) is 13.9. The second-order valence-electron chi connectivity index (χ2n) is 15.8. The molecule has 0 N–H and O–H groups in total. The summed E-state index contributed by atoms with van der Waals surface area (Å²) in [6.45, 7) is 4.62. The molecule has 0 bridgehead atoms.